The molecule has 24 heavy (non-hydrogen) atoms. The van der Waals surface area contributed by atoms with Crippen molar-refractivity contribution in [3.63, 3.8) is 0 Å². The summed E-state index contributed by atoms with van der Waals surface area (Å²) in [4.78, 5) is 24.5. The third-order valence-corrected chi connectivity index (χ3v) is 4.10. The largest absolute Gasteiger partial charge is 0.464 e. The first-order valence-corrected chi connectivity index (χ1v) is 8.26. The fraction of sp³-hybridized carbons (Fsp3) is 0.438. The first-order valence-electron chi connectivity index (χ1n) is 7.50. The Labute approximate surface area is 150 Å². The number of carbonyl (C=O) groups is 2. The van der Waals surface area contributed by atoms with Crippen LogP contribution >= 0.6 is 23.2 Å². The molecule has 2 rings (SSSR count). The van der Waals surface area contributed by atoms with Gasteiger partial charge in [-0.15, -0.1) is 0 Å². The zero-order valence-corrected chi connectivity index (χ0v) is 15.1. The number of carbonyl (C=O) groups excluding carboxylic acids is 2. The molecule has 6 nitrogen and oxygen atoms in total. The van der Waals surface area contributed by atoms with Gasteiger partial charge < -0.3 is 9.47 Å². The molecule has 0 fully saturated rings. The number of benzene rings is 1. The van der Waals surface area contributed by atoms with Crippen LogP contribution in [0.4, 0.5) is 5.69 Å². The average Bonchev–Trinajstić information content (AvgIpc) is 2.87. The zero-order chi connectivity index (χ0) is 17.9. The maximum absolute atomic E-state index is 12.5. The molecule has 1 aliphatic rings. The minimum absolute atomic E-state index is 0.0591. The number of halogens is 2. The molecule has 0 saturated carbocycles. The number of hydrazone groups is 1. The maximum atomic E-state index is 12.5. The molecule has 0 spiro atoms. The van der Waals surface area contributed by atoms with Crippen LogP contribution in [0.2, 0.25) is 10.0 Å². The van der Waals surface area contributed by atoms with Gasteiger partial charge in [0.15, 0.2) is 5.54 Å². The summed E-state index contributed by atoms with van der Waals surface area (Å²) in [6.45, 7) is 5.49. The standard InChI is InChI=1S/C16H18Cl2N2O4/c1-4-23-14(21)12-9-16(3,15(22)24-5-2)20(19-12)13-7-6-10(17)8-11(13)18/h6-8H,4-5,9H2,1-3H3/t16-/m1/s1. The van der Waals surface area contributed by atoms with Crippen molar-refractivity contribution in [2.24, 2.45) is 5.10 Å². The van der Waals surface area contributed by atoms with Crippen LogP contribution in [0, 0.1) is 0 Å². The van der Waals surface area contributed by atoms with Crippen LogP contribution in [0.1, 0.15) is 27.2 Å². The molecule has 0 bridgehead atoms. The SMILES string of the molecule is CCOC(=O)C1=NN(c2ccc(Cl)cc2Cl)[C@@](C)(C(=O)OCC)C1. The highest BCUT2D eigenvalue weighted by Crippen LogP contribution is 2.39. The van der Waals surface area contributed by atoms with Gasteiger partial charge in [0, 0.05) is 11.4 Å². The van der Waals surface area contributed by atoms with Gasteiger partial charge in [-0.25, -0.2) is 14.6 Å². The molecule has 1 heterocycles. The van der Waals surface area contributed by atoms with Crippen LogP contribution in [0.3, 0.4) is 0 Å². The molecule has 1 atom stereocenters. The molecule has 1 aromatic rings. The van der Waals surface area contributed by atoms with Crippen molar-refractivity contribution in [1.29, 1.82) is 0 Å². The highest BCUT2D eigenvalue weighted by Gasteiger charge is 2.49. The second kappa shape index (κ2) is 7.40. The van der Waals surface area contributed by atoms with Crippen LogP contribution in [0.5, 0.6) is 0 Å². The summed E-state index contributed by atoms with van der Waals surface area (Å²) in [7, 11) is 0. The van der Waals surface area contributed by atoms with Crippen LogP contribution in [-0.2, 0) is 19.1 Å². The number of nitrogens with zero attached hydrogens (tertiary/aromatic N) is 2. The third kappa shape index (κ3) is 3.49. The van der Waals surface area contributed by atoms with E-state index in [0.29, 0.717) is 15.7 Å². The average molecular weight is 373 g/mol. The first-order chi connectivity index (χ1) is 11.3. The number of ether oxygens (including phenoxy) is 2. The fourth-order valence-corrected chi connectivity index (χ4v) is 2.90. The molecule has 1 aliphatic heterocycles. The predicted octanol–water partition coefficient (Wildman–Crippen LogP) is 3.44. The van der Waals surface area contributed by atoms with Crippen LogP contribution in [-0.4, -0.2) is 36.4 Å². The molecule has 8 heteroatoms. The van der Waals surface area contributed by atoms with Crippen molar-refractivity contribution < 1.29 is 19.1 Å². The van der Waals surface area contributed by atoms with Gasteiger partial charge in [-0.3, -0.25) is 0 Å². The van der Waals surface area contributed by atoms with E-state index in [2.05, 4.69) is 5.10 Å². The number of anilines is 1. The van der Waals surface area contributed by atoms with E-state index in [4.69, 9.17) is 32.7 Å². The highest BCUT2D eigenvalue weighted by atomic mass is 35.5. The summed E-state index contributed by atoms with van der Waals surface area (Å²) in [5, 5.41) is 6.44. The molecule has 0 unspecified atom stereocenters. The second-order valence-electron chi connectivity index (χ2n) is 5.35. The molecule has 0 amide bonds. The normalized spacial score (nSPS) is 19.9. The van der Waals surface area contributed by atoms with Crippen LogP contribution in [0.15, 0.2) is 23.3 Å². The first kappa shape index (κ1) is 18.5. The van der Waals surface area contributed by atoms with Crippen molar-refractivity contribution in [2.45, 2.75) is 32.7 Å². The number of esters is 2. The lowest BCUT2D eigenvalue weighted by atomic mass is 9.95. The van der Waals surface area contributed by atoms with E-state index in [0.717, 1.165) is 0 Å². The highest BCUT2D eigenvalue weighted by molar-refractivity contribution is 6.39. The fourth-order valence-electron chi connectivity index (χ4n) is 2.41. The summed E-state index contributed by atoms with van der Waals surface area (Å²) in [5.74, 6) is -1.07. The van der Waals surface area contributed by atoms with Crippen LogP contribution < -0.4 is 5.01 Å². The summed E-state index contributed by atoms with van der Waals surface area (Å²) in [6, 6.07) is 4.81. The van der Waals surface area contributed by atoms with Gasteiger partial charge >= 0.3 is 11.9 Å². The van der Waals surface area contributed by atoms with Crippen molar-refractivity contribution in [2.75, 3.05) is 18.2 Å². The van der Waals surface area contributed by atoms with Gasteiger partial charge in [-0.1, -0.05) is 23.2 Å². The molecule has 0 aliphatic carbocycles. The molecular formula is C16H18Cl2N2O4. The minimum atomic E-state index is -1.20. The summed E-state index contributed by atoms with van der Waals surface area (Å²) in [5.41, 5.74) is -0.607. The lowest BCUT2D eigenvalue weighted by Crippen LogP contribution is -2.48. The van der Waals surface area contributed by atoms with E-state index in [9.17, 15) is 9.59 Å². The molecule has 1 aromatic carbocycles. The van der Waals surface area contributed by atoms with Gasteiger partial charge in [-0.05, 0) is 39.0 Å². The molecule has 0 N–H and O–H groups in total. The van der Waals surface area contributed by atoms with Gasteiger partial charge in [0.2, 0.25) is 0 Å². The van der Waals surface area contributed by atoms with E-state index >= 15 is 0 Å². The Bertz CT molecular complexity index is 693. The topological polar surface area (TPSA) is 68.2 Å². The third-order valence-electron chi connectivity index (χ3n) is 3.56. The molecular weight excluding hydrogens is 355 g/mol. The van der Waals surface area contributed by atoms with Crippen molar-refractivity contribution in [1.82, 2.24) is 0 Å². The lowest BCUT2D eigenvalue weighted by molar-refractivity contribution is -0.148. The second-order valence-corrected chi connectivity index (χ2v) is 6.19. The Hall–Kier alpha value is -1.79. The van der Waals surface area contributed by atoms with E-state index in [-0.39, 0.29) is 25.3 Å². The van der Waals surface area contributed by atoms with Crippen LogP contribution in [0.25, 0.3) is 0 Å². The van der Waals surface area contributed by atoms with E-state index < -0.39 is 17.5 Å². The maximum Gasteiger partial charge on any atom is 0.354 e. The molecule has 0 radical (unpaired) electrons. The molecule has 0 aromatic heterocycles. The Morgan fingerprint density at radius 1 is 1.25 bits per heavy atom. The summed E-state index contributed by atoms with van der Waals surface area (Å²) < 4.78 is 10.1. The number of rotatable bonds is 5. The zero-order valence-electron chi connectivity index (χ0n) is 13.6. The van der Waals surface area contributed by atoms with E-state index in [1.807, 2.05) is 0 Å². The summed E-state index contributed by atoms with van der Waals surface area (Å²) in [6.07, 6.45) is 0.0591. The Morgan fingerprint density at radius 2 is 1.92 bits per heavy atom. The predicted molar refractivity (Wildman–Crippen MR) is 92.7 cm³/mol. The van der Waals surface area contributed by atoms with Crippen molar-refractivity contribution >= 4 is 46.5 Å². The van der Waals surface area contributed by atoms with Gasteiger partial charge in [0.1, 0.15) is 5.71 Å². The molecule has 0 saturated heterocycles. The quantitative estimate of drug-likeness (QED) is 0.740. The Kier molecular flexibility index (Phi) is 5.72. The smallest absolute Gasteiger partial charge is 0.354 e. The van der Waals surface area contributed by atoms with Crippen molar-refractivity contribution in [3.05, 3.63) is 28.2 Å². The number of hydrogen-bond acceptors (Lipinski definition) is 6. The number of hydrogen-bond donors (Lipinski definition) is 0. The summed E-state index contributed by atoms with van der Waals surface area (Å²) >= 11 is 12.2. The van der Waals surface area contributed by atoms with Gasteiger partial charge in [0.05, 0.1) is 23.9 Å². The monoisotopic (exact) mass is 372 g/mol. The van der Waals surface area contributed by atoms with E-state index in [1.165, 1.54) is 5.01 Å². The Morgan fingerprint density at radius 3 is 2.50 bits per heavy atom. The van der Waals surface area contributed by atoms with E-state index in [1.54, 1.807) is 39.0 Å². The van der Waals surface area contributed by atoms with Crippen molar-refractivity contribution in [3.8, 4) is 0 Å². The minimum Gasteiger partial charge on any atom is -0.464 e. The molecule has 130 valence electrons. The Balaban J connectivity index is 2.47. The van der Waals surface area contributed by atoms with Gasteiger partial charge in [0.25, 0.3) is 0 Å². The van der Waals surface area contributed by atoms with Gasteiger partial charge in [-0.2, -0.15) is 5.10 Å². The lowest BCUT2D eigenvalue weighted by Gasteiger charge is -2.32.